The quantitative estimate of drug-likeness (QED) is 0.0636. The van der Waals surface area contributed by atoms with Crippen LogP contribution in [0.15, 0.2) is 152 Å². The van der Waals surface area contributed by atoms with Crippen molar-refractivity contribution in [3.8, 4) is 0 Å². The number of methoxy groups -OCH3 is 3. The van der Waals surface area contributed by atoms with Crippen molar-refractivity contribution >= 4 is 135 Å². The van der Waals surface area contributed by atoms with E-state index in [1.807, 2.05) is 30.8 Å². The number of nitrogens with zero attached hydrogens (tertiary/aromatic N) is 9. The number of carbonyl (C=O) groups is 6. The number of ether oxygens (including phenoxy) is 6. The minimum atomic E-state index is -0.731. The normalized spacial score (nSPS) is 20.0. The van der Waals surface area contributed by atoms with E-state index in [-0.39, 0.29) is 37.9 Å². The molecule has 6 aliphatic heterocycles. The number of aromatic nitrogens is 3. The maximum absolute atomic E-state index is 13.8. The summed E-state index contributed by atoms with van der Waals surface area (Å²) in [6.45, 7) is 6.95. The summed E-state index contributed by atoms with van der Waals surface area (Å²) in [5.74, 6) is -0.990. The Labute approximate surface area is 585 Å². The molecule has 3 N–H and O–H groups in total. The van der Waals surface area contributed by atoms with Gasteiger partial charge in [0, 0.05) is 104 Å². The van der Waals surface area contributed by atoms with E-state index in [0.29, 0.717) is 135 Å². The standard InChI is InChI=1S/3C21H20BrFN4O4S/c3*1-3-31-20(28)16-15-9-12(25-21(29)30-2)10-27(15)18(19-24-6-7-32-19)26-17(16)13-5-4-11(23)8-14(13)22/h3*4-8,12,17H,3,9-10H2,1-2H3,(H,25,29)/t12?,17-;12-,17+;12-,17-/m010/s1. The molecule has 0 saturated carbocycles. The van der Waals surface area contributed by atoms with Gasteiger partial charge in [-0.2, -0.15) is 0 Å². The third-order valence-electron chi connectivity index (χ3n) is 15.4. The van der Waals surface area contributed by atoms with Gasteiger partial charge < -0.3 is 59.1 Å². The fourth-order valence-electron chi connectivity index (χ4n) is 11.5. The number of alkyl carbamates (subject to hydrolysis) is 3. The monoisotopic (exact) mass is 1570 g/mol. The van der Waals surface area contributed by atoms with Crippen LogP contribution in [-0.2, 0) is 42.8 Å². The van der Waals surface area contributed by atoms with Crippen LogP contribution >= 0.6 is 81.8 Å². The lowest BCUT2D eigenvalue weighted by molar-refractivity contribution is -0.140. The smallest absolute Gasteiger partial charge is 0.407 e. The summed E-state index contributed by atoms with van der Waals surface area (Å²) in [5, 5.41) is 15.9. The molecule has 0 aliphatic carbocycles. The Morgan fingerprint density at radius 2 is 0.740 bits per heavy atom. The van der Waals surface area contributed by atoms with Crippen molar-refractivity contribution in [2.24, 2.45) is 15.0 Å². The van der Waals surface area contributed by atoms with Gasteiger partial charge in [0.15, 0.2) is 32.5 Å². The van der Waals surface area contributed by atoms with E-state index in [2.05, 4.69) is 78.7 Å². The lowest BCUT2D eigenvalue weighted by atomic mass is 9.94. The number of esters is 3. The van der Waals surface area contributed by atoms with E-state index in [1.54, 1.807) is 57.6 Å². The van der Waals surface area contributed by atoms with Gasteiger partial charge in [-0.05, 0) is 73.9 Å². The van der Waals surface area contributed by atoms with Gasteiger partial charge in [-0.15, -0.1) is 34.0 Å². The van der Waals surface area contributed by atoms with Crippen LogP contribution < -0.4 is 16.0 Å². The number of halogens is 6. The number of carbonyl (C=O) groups excluding carboxylic acids is 6. The van der Waals surface area contributed by atoms with E-state index < -0.39 is 71.8 Å². The van der Waals surface area contributed by atoms with Crippen LogP contribution in [0.1, 0.15) is 89.9 Å². The number of benzene rings is 3. The first kappa shape index (κ1) is 70.4. The average Bonchev–Trinajstić information content (AvgIpc) is 1.47. The number of thiazole rings is 3. The molecule has 6 atom stereocenters. The molecule has 3 aromatic heterocycles. The summed E-state index contributed by atoms with van der Waals surface area (Å²) in [4.78, 5) is 108. The van der Waals surface area contributed by atoms with Gasteiger partial charge in [0.2, 0.25) is 0 Å². The molecule has 504 valence electrons. The Balaban J connectivity index is 0.000000157. The van der Waals surface area contributed by atoms with Gasteiger partial charge in [0.05, 0.1) is 76.0 Å². The lowest BCUT2D eigenvalue weighted by Crippen LogP contribution is -2.39. The summed E-state index contributed by atoms with van der Waals surface area (Å²) < 4.78 is 73.1. The number of nitrogens with one attached hydrogen (secondary N) is 3. The largest absolute Gasteiger partial charge is 0.463 e. The van der Waals surface area contributed by atoms with Gasteiger partial charge in [-0.25, -0.2) is 56.9 Å². The average molecular weight is 1570 g/mol. The Bertz CT molecular complexity index is 3730. The molecule has 3 saturated heterocycles. The van der Waals surface area contributed by atoms with Crippen molar-refractivity contribution in [2.45, 2.75) is 76.3 Å². The summed E-state index contributed by atoms with van der Waals surface area (Å²) in [5.41, 5.74) is 5.00. The zero-order valence-corrected chi connectivity index (χ0v) is 59.1. The van der Waals surface area contributed by atoms with Gasteiger partial charge in [-0.1, -0.05) is 66.0 Å². The fourth-order valence-corrected chi connectivity index (χ4v) is 15.1. The van der Waals surface area contributed by atoms with Crippen LogP contribution in [-0.4, -0.2) is 162 Å². The molecule has 0 bridgehead atoms. The number of amidine groups is 3. The number of rotatable bonds is 15. The van der Waals surface area contributed by atoms with E-state index in [1.165, 1.54) is 91.7 Å². The zero-order valence-electron chi connectivity index (χ0n) is 51.9. The molecule has 6 aliphatic rings. The van der Waals surface area contributed by atoms with Crippen molar-refractivity contribution in [3.05, 3.63) is 186 Å². The number of hydrogen-bond donors (Lipinski definition) is 3. The van der Waals surface area contributed by atoms with Crippen LogP contribution in [0.4, 0.5) is 27.6 Å². The highest BCUT2D eigenvalue weighted by Gasteiger charge is 2.47. The maximum Gasteiger partial charge on any atom is 0.407 e. The Hall–Kier alpha value is -8.37. The number of fused-ring (bicyclic) bond motifs is 3. The van der Waals surface area contributed by atoms with Crippen LogP contribution in [0, 0.1) is 17.5 Å². The molecular weight excluding hydrogens is 1510 g/mol. The molecule has 0 radical (unpaired) electrons. The minimum absolute atomic E-state index is 0.194. The highest BCUT2D eigenvalue weighted by Crippen LogP contribution is 2.46. The second kappa shape index (κ2) is 31.7. The second-order valence-corrected chi connectivity index (χ2v) is 26.5. The molecule has 24 nitrogen and oxygen atoms in total. The third kappa shape index (κ3) is 15.5. The first-order chi connectivity index (χ1) is 46.3. The molecule has 3 aromatic carbocycles. The van der Waals surface area contributed by atoms with Crippen molar-refractivity contribution in [1.82, 2.24) is 45.6 Å². The molecule has 3 amide bonds. The topological polar surface area (TPSA) is 279 Å². The molecule has 1 unspecified atom stereocenters. The highest BCUT2D eigenvalue weighted by atomic mass is 79.9. The second-order valence-electron chi connectivity index (χ2n) is 21.3. The molecule has 9 heterocycles. The van der Waals surface area contributed by atoms with Crippen LogP contribution in [0.3, 0.4) is 0 Å². The summed E-state index contributed by atoms with van der Waals surface area (Å²) in [7, 11) is 3.89. The summed E-state index contributed by atoms with van der Waals surface area (Å²) in [6.07, 6.45) is 4.49. The van der Waals surface area contributed by atoms with E-state index in [4.69, 9.17) is 43.4 Å². The Kier molecular flexibility index (Phi) is 23.2. The third-order valence-corrected chi connectivity index (χ3v) is 19.8. The predicted octanol–water partition coefficient (Wildman–Crippen LogP) is 11.4. The van der Waals surface area contributed by atoms with E-state index in [0.717, 1.165) is 0 Å². The lowest BCUT2D eigenvalue weighted by Gasteiger charge is -2.31. The van der Waals surface area contributed by atoms with Crippen LogP contribution in [0.2, 0.25) is 0 Å². The summed E-state index contributed by atoms with van der Waals surface area (Å²) >= 11 is 14.5. The van der Waals surface area contributed by atoms with Gasteiger partial charge in [0.1, 0.15) is 35.6 Å². The predicted molar refractivity (Wildman–Crippen MR) is 359 cm³/mol. The Morgan fingerprint density at radius 3 is 0.958 bits per heavy atom. The highest BCUT2D eigenvalue weighted by molar-refractivity contribution is 9.11. The van der Waals surface area contributed by atoms with Crippen LogP contribution in [0.25, 0.3) is 0 Å². The molecule has 3 fully saturated rings. The maximum atomic E-state index is 13.8. The first-order valence-electron chi connectivity index (χ1n) is 29.6. The summed E-state index contributed by atoms with van der Waals surface area (Å²) in [6, 6.07) is 9.69. The van der Waals surface area contributed by atoms with Crippen molar-refractivity contribution in [2.75, 3.05) is 60.8 Å². The minimum Gasteiger partial charge on any atom is -0.463 e. The first-order valence-corrected chi connectivity index (χ1v) is 34.6. The Morgan fingerprint density at radius 1 is 0.469 bits per heavy atom. The van der Waals surface area contributed by atoms with Crippen molar-refractivity contribution < 1.29 is 70.4 Å². The molecule has 0 spiro atoms. The number of hydrogen-bond acceptors (Lipinski definition) is 24. The number of aliphatic imine (C=N–C) groups is 3. The zero-order chi connectivity index (χ0) is 68.5. The molecule has 33 heteroatoms. The van der Waals surface area contributed by atoms with Crippen molar-refractivity contribution in [3.63, 3.8) is 0 Å². The van der Waals surface area contributed by atoms with E-state index >= 15 is 0 Å². The molecule has 6 aromatic rings. The molecule has 96 heavy (non-hydrogen) atoms. The van der Waals surface area contributed by atoms with Gasteiger partial charge >= 0.3 is 36.2 Å². The van der Waals surface area contributed by atoms with Crippen LogP contribution in [0.5, 0.6) is 0 Å². The van der Waals surface area contributed by atoms with Gasteiger partial charge in [-0.3, -0.25) is 15.0 Å². The fraction of sp³-hybridized carbons (Fsp3) is 0.333. The molecule has 12 rings (SSSR count). The number of amides is 3. The van der Waals surface area contributed by atoms with E-state index in [9.17, 15) is 41.9 Å². The van der Waals surface area contributed by atoms with Crippen molar-refractivity contribution in [1.29, 1.82) is 0 Å². The SMILES string of the molecule is CCOC(=O)C1=C2CC(NC(=O)OC)CN2C(c2nccs2)=N[C@H]1c1ccc(F)cc1Br.CCOC(=O)C1=C2C[C@@H](NC(=O)OC)CN2C(c2nccs2)=N[C@H]1c1ccc(F)cc1Br.CCOC(=O)C1=C2C[C@H](NC(=O)OC)CN2C(c2nccs2)=N[C@H]1c1ccc(F)cc1Br. The van der Waals surface area contributed by atoms with Gasteiger partial charge in [0.25, 0.3) is 0 Å². The molecular formula is C63H60Br3F3N12O12S3.